The molecule has 0 unspecified atom stereocenters. The first-order valence-corrected chi connectivity index (χ1v) is 10.3. The number of likely N-dealkylation sites (tertiary alicyclic amines) is 1. The van der Waals surface area contributed by atoms with Gasteiger partial charge in [-0.2, -0.15) is 0 Å². The first kappa shape index (κ1) is 19.3. The van der Waals surface area contributed by atoms with Gasteiger partial charge in [0, 0.05) is 52.1 Å². The van der Waals surface area contributed by atoms with Gasteiger partial charge in [0.05, 0.1) is 0 Å². The van der Waals surface area contributed by atoms with Gasteiger partial charge in [-0.1, -0.05) is 13.8 Å². The number of hydrogen-bond donors (Lipinski definition) is 0. The molecule has 1 aliphatic carbocycles. The van der Waals surface area contributed by atoms with Crippen LogP contribution in [0.4, 0.5) is 0 Å². The summed E-state index contributed by atoms with van der Waals surface area (Å²) in [4.78, 5) is 43.7. The molecule has 146 valence electrons. The number of hydrogen-bond acceptors (Lipinski definition) is 4. The number of Topliss-reactive ketones (excluding diaryl/α,β-unsaturated/α-hetero) is 1. The Balaban J connectivity index is 1.43. The molecule has 2 heterocycles. The number of ketones is 1. The summed E-state index contributed by atoms with van der Waals surface area (Å²) in [6.45, 7) is 10.1. The van der Waals surface area contributed by atoms with Crippen molar-refractivity contribution in [2.24, 2.45) is 11.3 Å². The highest BCUT2D eigenvalue weighted by molar-refractivity contribution is 6.08. The molecule has 2 aliphatic heterocycles. The zero-order chi connectivity index (χ0) is 18.7. The fourth-order valence-electron chi connectivity index (χ4n) is 4.41. The van der Waals surface area contributed by atoms with Crippen molar-refractivity contribution in [3.63, 3.8) is 0 Å². The summed E-state index contributed by atoms with van der Waals surface area (Å²) in [7, 11) is 0. The summed E-state index contributed by atoms with van der Waals surface area (Å²) in [6.07, 6.45) is 4.25. The number of nitrogens with zero attached hydrogens (tertiary/aromatic N) is 3. The first-order valence-electron chi connectivity index (χ1n) is 10.3. The monoisotopic (exact) mass is 363 g/mol. The van der Waals surface area contributed by atoms with E-state index in [1.54, 1.807) is 0 Å². The van der Waals surface area contributed by atoms with Gasteiger partial charge in [0.15, 0.2) is 0 Å². The molecular formula is C20H33N3O3. The zero-order valence-electron chi connectivity index (χ0n) is 16.3. The minimum absolute atomic E-state index is 0.0461. The van der Waals surface area contributed by atoms with Crippen LogP contribution in [0.3, 0.4) is 0 Å². The van der Waals surface area contributed by atoms with Crippen molar-refractivity contribution < 1.29 is 14.4 Å². The normalized spacial score (nSPS) is 23.8. The summed E-state index contributed by atoms with van der Waals surface area (Å²) in [5, 5.41) is 0. The van der Waals surface area contributed by atoms with Crippen LogP contribution in [-0.4, -0.2) is 78.1 Å². The third-order valence-corrected chi connectivity index (χ3v) is 6.55. The number of rotatable bonds is 6. The molecule has 2 saturated heterocycles. The number of amides is 2. The molecule has 0 aromatic heterocycles. The molecule has 0 atom stereocenters. The Morgan fingerprint density at radius 3 is 2.00 bits per heavy atom. The molecule has 3 aliphatic rings. The highest BCUT2D eigenvalue weighted by Gasteiger charge is 2.56. The molecule has 0 radical (unpaired) electrons. The number of carbonyl (C=O) groups is 3. The highest BCUT2D eigenvalue weighted by Crippen LogP contribution is 2.49. The van der Waals surface area contributed by atoms with Gasteiger partial charge in [0.1, 0.15) is 11.2 Å². The third kappa shape index (κ3) is 3.95. The lowest BCUT2D eigenvalue weighted by molar-refractivity contribution is -0.144. The van der Waals surface area contributed by atoms with Crippen molar-refractivity contribution in [2.45, 2.75) is 52.4 Å². The second kappa shape index (κ2) is 8.07. The molecule has 0 N–H and O–H groups in total. The van der Waals surface area contributed by atoms with Crippen molar-refractivity contribution in [1.82, 2.24) is 14.7 Å². The number of likely N-dealkylation sites (N-methyl/N-ethyl adjacent to an activating group) is 1. The standard InChI is InChI=1S/C20H33N3O3/c1-3-17(24)20(7-8-20)19(26)23-9-5-16(6-10-23)15-18(25)22-13-11-21(4-2)12-14-22/h16H,3-15H2,1-2H3. The van der Waals surface area contributed by atoms with Gasteiger partial charge in [-0.3, -0.25) is 14.4 Å². The molecule has 3 fully saturated rings. The van der Waals surface area contributed by atoms with Crippen LogP contribution in [0.15, 0.2) is 0 Å². The van der Waals surface area contributed by atoms with Crippen LogP contribution in [0, 0.1) is 11.3 Å². The molecule has 3 rings (SSSR count). The van der Waals surface area contributed by atoms with Crippen LogP contribution in [-0.2, 0) is 14.4 Å². The van der Waals surface area contributed by atoms with Crippen LogP contribution in [0.2, 0.25) is 0 Å². The molecule has 2 amide bonds. The number of carbonyl (C=O) groups excluding carboxylic acids is 3. The van der Waals surface area contributed by atoms with Crippen LogP contribution >= 0.6 is 0 Å². The summed E-state index contributed by atoms with van der Waals surface area (Å²) in [5.41, 5.74) is -0.684. The maximum absolute atomic E-state index is 12.7. The molecule has 26 heavy (non-hydrogen) atoms. The van der Waals surface area contributed by atoms with E-state index < -0.39 is 5.41 Å². The topological polar surface area (TPSA) is 60.9 Å². The van der Waals surface area contributed by atoms with E-state index in [9.17, 15) is 14.4 Å². The third-order valence-electron chi connectivity index (χ3n) is 6.55. The van der Waals surface area contributed by atoms with Gasteiger partial charge < -0.3 is 14.7 Å². The van der Waals surface area contributed by atoms with Crippen molar-refractivity contribution in [1.29, 1.82) is 0 Å². The van der Waals surface area contributed by atoms with E-state index in [0.717, 1.165) is 58.4 Å². The van der Waals surface area contributed by atoms with Gasteiger partial charge in [-0.05, 0) is 38.1 Å². The molecule has 0 bridgehead atoms. The second-order valence-electron chi connectivity index (χ2n) is 8.11. The lowest BCUT2D eigenvalue weighted by atomic mass is 9.90. The lowest BCUT2D eigenvalue weighted by Crippen LogP contribution is -2.49. The minimum atomic E-state index is -0.684. The zero-order valence-corrected chi connectivity index (χ0v) is 16.3. The minimum Gasteiger partial charge on any atom is -0.342 e. The van der Waals surface area contributed by atoms with E-state index in [-0.39, 0.29) is 17.6 Å². The van der Waals surface area contributed by atoms with E-state index in [1.807, 2.05) is 16.7 Å². The Bertz CT molecular complexity index is 543. The Morgan fingerprint density at radius 1 is 0.885 bits per heavy atom. The largest absolute Gasteiger partial charge is 0.342 e. The summed E-state index contributed by atoms with van der Waals surface area (Å²) in [5.74, 6) is 0.786. The molecular weight excluding hydrogens is 330 g/mol. The Kier molecular flexibility index (Phi) is 6.00. The van der Waals surface area contributed by atoms with Crippen molar-refractivity contribution in [3.8, 4) is 0 Å². The average Bonchev–Trinajstić information content (AvgIpc) is 3.49. The average molecular weight is 364 g/mol. The fourth-order valence-corrected chi connectivity index (χ4v) is 4.41. The van der Waals surface area contributed by atoms with Crippen molar-refractivity contribution in [2.75, 3.05) is 45.8 Å². The highest BCUT2D eigenvalue weighted by atomic mass is 16.2. The van der Waals surface area contributed by atoms with Crippen molar-refractivity contribution >= 4 is 17.6 Å². The van der Waals surface area contributed by atoms with Crippen LogP contribution in [0.25, 0.3) is 0 Å². The van der Waals surface area contributed by atoms with Gasteiger partial charge in [0.2, 0.25) is 11.8 Å². The molecule has 0 spiro atoms. The van der Waals surface area contributed by atoms with E-state index in [0.29, 0.717) is 31.8 Å². The molecule has 0 aromatic carbocycles. The van der Waals surface area contributed by atoms with E-state index >= 15 is 0 Å². The van der Waals surface area contributed by atoms with E-state index in [2.05, 4.69) is 11.8 Å². The van der Waals surface area contributed by atoms with E-state index in [4.69, 9.17) is 0 Å². The predicted octanol–water partition coefficient (Wildman–Crippen LogP) is 1.54. The fraction of sp³-hybridized carbons (Fsp3) is 0.850. The smallest absolute Gasteiger partial charge is 0.236 e. The predicted molar refractivity (Wildman–Crippen MR) is 99.6 cm³/mol. The Morgan fingerprint density at radius 2 is 1.50 bits per heavy atom. The number of piperidine rings is 1. The maximum Gasteiger partial charge on any atom is 0.236 e. The quantitative estimate of drug-likeness (QED) is 0.672. The Labute approximate surface area is 156 Å². The maximum atomic E-state index is 12.7. The van der Waals surface area contributed by atoms with Crippen molar-refractivity contribution in [3.05, 3.63) is 0 Å². The van der Waals surface area contributed by atoms with Gasteiger partial charge in [-0.15, -0.1) is 0 Å². The van der Waals surface area contributed by atoms with Crippen LogP contribution < -0.4 is 0 Å². The van der Waals surface area contributed by atoms with Gasteiger partial charge >= 0.3 is 0 Å². The second-order valence-corrected chi connectivity index (χ2v) is 8.11. The van der Waals surface area contributed by atoms with E-state index in [1.165, 1.54) is 0 Å². The Hall–Kier alpha value is -1.43. The van der Waals surface area contributed by atoms with Crippen LogP contribution in [0.1, 0.15) is 52.4 Å². The molecule has 1 saturated carbocycles. The summed E-state index contributed by atoms with van der Waals surface area (Å²) >= 11 is 0. The van der Waals surface area contributed by atoms with Gasteiger partial charge in [0.25, 0.3) is 0 Å². The lowest BCUT2D eigenvalue weighted by Gasteiger charge is -2.37. The molecule has 6 heteroatoms. The first-order chi connectivity index (χ1) is 12.5. The summed E-state index contributed by atoms with van der Waals surface area (Å²) < 4.78 is 0. The number of piperazine rings is 1. The molecule has 0 aromatic rings. The molecule has 6 nitrogen and oxygen atoms in total. The SMILES string of the molecule is CCC(=O)C1(C(=O)N2CCC(CC(=O)N3CCN(CC)CC3)CC2)CC1. The summed E-state index contributed by atoms with van der Waals surface area (Å²) in [6, 6.07) is 0. The van der Waals surface area contributed by atoms with Gasteiger partial charge in [-0.25, -0.2) is 0 Å². The van der Waals surface area contributed by atoms with Crippen LogP contribution in [0.5, 0.6) is 0 Å².